The van der Waals surface area contributed by atoms with Crippen LogP contribution < -0.4 is 5.73 Å². The summed E-state index contributed by atoms with van der Waals surface area (Å²) < 4.78 is 38.7. The molecule has 1 aliphatic carbocycles. The second kappa shape index (κ2) is 6.78. The summed E-state index contributed by atoms with van der Waals surface area (Å²) in [6.45, 7) is 0.781. The number of hydrogen-bond donors (Lipinski definition) is 1. The first kappa shape index (κ1) is 17.3. The van der Waals surface area contributed by atoms with E-state index in [0.717, 1.165) is 18.9 Å². The molecular formula is C14H20ClF3N2. The van der Waals surface area contributed by atoms with Crippen molar-refractivity contribution in [3.05, 3.63) is 35.4 Å². The van der Waals surface area contributed by atoms with Crippen molar-refractivity contribution < 1.29 is 13.2 Å². The Kier molecular flexibility index (Phi) is 5.86. The van der Waals surface area contributed by atoms with Crippen molar-refractivity contribution >= 4 is 12.4 Å². The molecule has 2 nitrogen and oxygen atoms in total. The van der Waals surface area contributed by atoms with E-state index in [0.29, 0.717) is 18.0 Å². The lowest BCUT2D eigenvalue weighted by Crippen LogP contribution is -2.39. The molecule has 1 fully saturated rings. The maximum Gasteiger partial charge on any atom is 0.416 e. The molecule has 0 bridgehead atoms. The van der Waals surface area contributed by atoms with Crippen LogP contribution >= 0.6 is 12.4 Å². The Morgan fingerprint density at radius 3 is 2.40 bits per heavy atom. The molecule has 1 unspecified atom stereocenters. The molecule has 1 aliphatic rings. The Labute approximate surface area is 123 Å². The zero-order valence-electron chi connectivity index (χ0n) is 11.4. The Balaban J connectivity index is 0.00000200. The lowest BCUT2D eigenvalue weighted by atomic mass is 10.0. The van der Waals surface area contributed by atoms with Gasteiger partial charge in [0.25, 0.3) is 0 Å². The third-order valence-corrected chi connectivity index (χ3v) is 3.72. The maximum absolute atomic E-state index is 12.9. The fourth-order valence-electron chi connectivity index (χ4n) is 2.53. The summed E-state index contributed by atoms with van der Waals surface area (Å²) in [5.41, 5.74) is 5.50. The minimum atomic E-state index is -4.30. The van der Waals surface area contributed by atoms with Crippen LogP contribution in [-0.2, 0) is 12.7 Å². The number of benzene rings is 1. The van der Waals surface area contributed by atoms with Gasteiger partial charge in [0.2, 0.25) is 0 Å². The van der Waals surface area contributed by atoms with E-state index in [1.165, 1.54) is 6.07 Å². The molecule has 2 N–H and O–H groups in total. The smallest absolute Gasteiger partial charge is 0.329 e. The molecule has 1 atom stereocenters. The van der Waals surface area contributed by atoms with Gasteiger partial charge in [0.1, 0.15) is 0 Å². The van der Waals surface area contributed by atoms with Gasteiger partial charge in [-0.05, 0) is 37.4 Å². The molecule has 0 amide bonds. The molecule has 0 heterocycles. The highest BCUT2D eigenvalue weighted by molar-refractivity contribution is 5.85. The van der Waals surface area contributed by atoms with E-state index in [-0.39, 0.29) is 25.0 Å². The lowest BCUT2D eigenvalue weighted by Gasteiger charge is -2.28. The van der Waals surface area contributed by atoms with E-state index in [4.69, 9.17) is 5.73 Å². The molecule has 1 aromatic carbocycles. The van der Waals surface area contributed by atoms with E-state index in [1.54, 1.807) is 12.1 Å². The molecule has 6 heteroatoms. The number of likely N-dealkylation sites (N-methyl/N-ethyl adjacent to an activating group) is 1. The summed E-state index contributed by atoms with van der Waals surface area (Å²) in [6.07, 6.45) is -2.03. The van der Waals surface area contributed by atoms with Gasteiger partial charge in [0, 0.05) is 19.1 Å². The summed E-state index contributed by atoms with van der Waals surface area (Å²) >= 11 is 0. The highest BCUT2D eigenvalue weighted by atomic mass is 35.5. The van der Waals surface area contributed by atoms with E-state index in [9.17, 15) is 13.2 Å². The van der Waals surface area contributed by atoms with Gasteiger partial charge in [0.15, 0.2) is 0 Å². The predicted octanol–water partition coefficient (Wildman–Crippen LogP) is 3.30. The van der Waals surface area contributed by atoms with Crippen molar-refractivity contribution in [1.29, 1.82) is 0 Å². The Morgan fingerprint density at radius 1 is 1.30 bits per heavy atom. The van der Waals surface area contributed by atoms with E-state index in [2.05, 4.69) is 0 Å². The SMILES string of the molecule is CN(Cc1ccccc1C(F)(F)F)C(CN)C1CC1.Cl. The summed E-state index contributed by atoms with van der Waals surface area (Å²) in [7, 11) is 1.85. The van der Waals surface area contributed by atoms with Crippen LogP contribution in [0, 0.1) is 5.92 Å². The number of hydrogen-bond acceptors (Lipinski definition) is 2. The van der Waals surface area contributed by atoms with Crippen LogP contribution in [0.25, 0.3) is 0 Å². The molecule has 114 valence electrons. The van der Waals surface area contributed by atoms with Crippen molar-refractivity contribution in [3.8, 4) is 0 Å². The summed E-state index contributed by atoms with van der Waals surface area (Å²) in [5.74, 6) is 0.549. The third kappa shape index (κ3) is 4.11. The van der Waals surface area contributed by atoms with Gasteiger partial charge < -0.3 is 5.73 Å². The van der Waals surface area contributed by atoms with E-state index < -0.39 is 11.7 Å². The standard InChI is InChI=1S/C14H19F3N2.ClH/c1-19(13(8-18)10-6-7-10)9-11-4-2-3-5-12(11)14(15,16)17;/h2-5,10,13H,6-9,18H2,1H3;1H. The quantitative estimate of drug-likeness (QED) is 0.904. The van der Waals surface area contributed by atoms with Crippen LogP contribution in [0.1, 0.15) is 24.0 Å². The fourth-order valence-corrected chi connectivity index (χ4v) is 2.53. The van der Waals surface area contributed by atoms with Crippen LogP contribution in [0.2, 0.25) is 0 Å². The molecule has 2 rings (SSSR count). The number of alkyl halides is 3. The molecule has 0 spiro atoms. The first-order chi connectivity index (χ1) is 8.93. The number of nitrogens with zero attached hydrogens (tertiary/aromatic N) is 1. The Morgan fingerprint density at radius 2 is 1.90 bits per heavy atom. The highest BCUT2D eigenvalue weighted by Gasteiger charge is 2.35. The minimum absolute atomic E-state index is 0. The van der Waals surface area contributed by atoms with E-state index >= 15 is 0 Å². The Bertz CT molecular complexity index is 433. The normalized spacial score (nSPS) is 16.9. The molecular weight excluding hydrogens is 289 g/mol. The average molecular weight is 309 g/mol. The monoisotopic (exact) mass is 308 g/mol. The van der Waals surface area contributed by atoms with Gasteiger partial charge in [-0.3, -0.25) is 4.90 Å². The molecule has 20 heavy (non-hydrogen) atoms. The van der Waals surface area contributed by atoms with Crippen LogP contribution in [0.3, 0.4) is 0 Å². The van der Waals surface area contributed by atoms with E-state index in [1.807, 2.05) is 11.9 Å². The van der Waals surface area contributed by atoms with Gasteiger partial charge in [0.05, 0.1) is 5.56 Å². The lowest BCUT2D eigenvalue weighted by molar-refractivity contribution is -0.138. The van der Waals surface area contributed by atoms with Crippen molar-refractivity contribution in [3.63, 3.8) is 0 Å². The summed E-state index contributed by atoms with van der Waals surface area (Å²) in [4.78, 5) is 1.95. The molecule has 0 radical (unpaired) electrons. The second-order valence-electron chi connectivity index (χ2n) is 5.21. The molecule has 1 aromatic rings. The van der Waals surface area contributed by atoms with Crippen molar-refractivity contribution in [2.75, 3.05) is 13.6 Å². The van der Waals surface area contributed by atoms with Crippen LogP contribution in [0.5, 0.6) is 0 Å². The average Bonchev–Trinajstić information content (AvgIpc) is 3.13. The first-order valence-corrected chi connectivity index (χ1v) is 6.49. The maximum atomic E-state index is 12.9. The van der Waals surface area contributed by atoms with Crippen molar-refractivity contribution in [1.82, 2.24) is 4.90 Å². The zero-order chi connectivity index (χ0) is 14.0. The molecule has 1 saturated carbocycles. The number of halogens is 4. The van der Waals surface area contributed by atoms with Crippen LogP contribution in [0.15, 0.2) is 24.3 Å². The van der Waals surface area contributed by atoms with Crippen LogP contribution in [0.4, 0.5) is 13.2 Å². The largest absolute Gasteiger partial charge is 0.416 e. The van der Waals surface area contributed by atoms with Gasteiger partial charge in [-0.15, -0.1) is 12.4 Å². The summed E-state index contributed by atoms with van der Waals surface area (Å²) in [6, 6.07) is 5.93. The minimum Gasteiger partial charge on any atom is -0.329 e. The highest BCUT2D eigenvalue weighted by Crippen LogP contribution is 2.36. The van der Waals surface area contributed by atoms with Crippen molar-refractivity contribution in [2.45, 2.75) is 31.6 Å². The molecule has 0 aliphatic heterocycles. The zero-order valence-corrected chi connectivity index (χ0v) is 12.2. The van der Waals surface area contributed by atoms with Crippen molar-refractivity contribution in [2.24, 2.45) is 11.7 Å². The molecule has 0 aromatic heterocycles. The Hall–Kier alpha value is -0.780. The topological polar surface area (TPSA) is 29.3 Å². The predicted molar refractivity (Wildman–Crippen MR) is 75.7 cm³/mol. The van der Waals surface area contributed by atoms with Gasteiger partial charge in [-0.2, -0.15) is 13.2 Å². The van der Waals surface area contributed by atoms with Gasteiger partial charge in [-0.25, -0.2) is 0 Å². The first-order valence-electron chi connectivity index (χ1n) is 6.49. The van der Waals surface area contributed by atoms with Gasteiger partial charge in [-0.1, -0.05) is 18.2 Å². The number of rotatable bonds is 5. The molecule has 0 saturated heterocycles. The summed E-state index contributed by atoms with van der Waals surface area (Å²) in [5, 5.41) is 0. The fraction of sp³-hybridized carbons (Fsp3) is 0.571. The van der Waals surface area contributed by atoms with Crippen LogP contribution in [-0.4, -0.2) is 24.5 Å². The van der Waals surface area contributed by atoms with Gasteiger partial charge >= 0.3 is 6.18 Å². The number of nitrogens with two attached hydrogens (primary N) is 1. The third-order valence-electron chi connectivity index (χ3n) is 3.72. The second-order valence-corrected chi connectivity index (χ2v) is 5.21.